The summed E-state index contributed by atoms with van der Waals surface area (Å²) in [5.41, 5.74) is 1.40. The van der Waals surface area contributed by atoms with Gasteiger partial charge in [0.15, 0.2) is 11.0 Å². The second-order valence-electron chi connectivity index (χ2n) is 6.94. The van der Waals surface area contributed by atoms with Crippen LogP contribution in [0.2, 0.25) is 0 Å². The van der Waals surface area contributed by atoms with Gasteiger partial charge in [-0.05, 0) is 42.0 Å². The summed E-state index contributed by atoms with van der Waals surface area (Å²) in [6.45, 7) is 4.76. The van der Waals surface area contributed by atoms with Crippen molar-refractivity contribution in [1.29, 1.82) is 0 Å². The van der Waals surface area contributed by atoms with Gasteiger partial charge in [-0.2, -0.15) is 0 Å². The minimum absolute atomic E-state index is 0.255. The van der Waals surface area contributed by atoms with Crippen molar-refractivity contribution in [2.45, 2.75) is 17.5 Å². The highest BCUT2D eigenvalue weighted by Gasteiger charge is 2.17. The Kier molecular flexibility index (Phi) is 7.14. The van der Waals surface area contributed by atoms with Gasteiger partial charge in [-0.1, -0.05) is 33.8 Å². The number of hydrogen-bond acceptors (Lipinski definition) is 5. The number of benzene rings is 2. The van der Waals surface area contributed by atoms with Crippen LogP contribution in [-0.2, 0) is 17.0 Å². The molecule has 0 bridgehead atoms. The molecular weight excluding hydrogens is 474 g/mol. The van der Waals surface area contributed by atoms with Crippen LogP contribution < -0.4 is 0 Å². The molecule has 3 aromatic rings. The predicted octanol–water partition coefficient (Wildman–Crippen LogP) is 4.61. The molecule has 0 spiro atoms. The number of thioether (sulfide) groups is 1. The molecule has 5 nitrogen and oxygen atoms in total. The van der Waals surface area contributed by atoms with Crippen LogP contribution in [0.15, 0.2) is 52.1 Å². The number of aromatic nitrogens is 3. The Morgan fingerprint density at radius 1 is 1.00 bits per heavy atom. The van der Waals surface area contributed by atoms with Crippen molar-refractivity contribution in [3.8, 4) is 11.4 Å². The van der Waals surface area contributed by atoms with E-state index in [0.29, 0.717) is 33.3 Å². The van der Waals surface area contributed by atoms with Gasteiger partial charge in [-0.25, -0.2) is 8.78 Å². The first-order valence-electron chi connectivity index (χ1n) is 9.66. The topological polar surface area (TPSA) is 43.2 Å². The van der Waals surface area contributed by atoms with Gasteiger partial charge < -0.3 is 9.30 Å². The molecule has 1 aliphatic heterocycles. The predicted molar refractivity (Wildman–Crippen MR) is 116 cm³/mol. The van der Waals surface area contributed by atoms with Gasteiger partial charge in [0.05, 0.1) is 13.2 Å². The van der Waals surface area contributed by atoms with E-state index in [0.717, 1.165) is 38.4 Å². The summed E-state index contributed by atoms with van der Waals surface area (Å²) >= 11 is 4.73. The molecule has 9 heteroatoms. The van der Waals surface area contributed by atoms with E-state index in [9.17, 15) is 8.78 Å². The first-order valence-corrected chi connectivity index (χ1v) is 11.4. The van der Waals surface area contributed by atoms with Crippen LogP contribution in [0, 0.1) is 11.6 Å². The molecule has 0 amide bonds. The maximum Gasteiger partial charge on any atom is 0.191 e. The first-order chi connectivity index (χ1) is 14.6. The zero-order chi connectivity index (χ0) is 20.9. The maximum absolute atomic E-state index is 14.2. The van der Waals surface area contributed by atoms with Crippen molar-refractivity contribution < 1.29 is 13.5 Å². The average Bonchev–Trinajstić information content (AvgIpc) is 3.15. The summed E-state index contributed by atoms with van der Waals surface area (Å²) in [5.74, 6) is 0.577. The van der Waals surface area contributed by atoms with E-state index in [-0.39, 0.29) is 11.6 Å². The molecular formula is C21H21BrF2N4OS. The number of nitrogens with zero attached hydrogens (tertiary/aromatic N) is 4. The molecule has 4 rings (SSSR count). The standard InChI is InChI=1S/C21H21BrF2N4OS/c22-17-4-1-16(19(24)13-17)14-30-21-26-25-20(15-2-5-18(23)6-3-15)28(21)8-7-27-9-11-29-12-10-27/h1-6,13H,7-12,14H2. The van der Waals surface area contributed by atoms with E-state index in [4.69, 9.17) is 4.74 Å². The zero-order valence-electron chi connectivity index (χ0n) is 16.2. The quantitative estimate of drug-likeness (QED) is 0.448. The van der Waals surface area contributed by atoms with E-state index in [1.54, 1.807) is 18.2 Å². The molecule has 0 N–H and O–H groups in total. The van der Waals surface area contributed by atoms with Crippen LogP contribution in [-0.4, -0.2) is 52.5 Å². The van der Waals surface area contributed by atoms with Crippen molar-refractivity contribution in [2.75, 3.05) is 32.8 Å². The molecule has 1 aromatic heterocycles. The highest BCUT2D eigenvalue weighted by atomic mass is 79.9. The molecule has 0 radical (unpaired) electrons. The highest BCUT2D eigenvalue weighted by Crippen LogP contribution is 2.28. The van der Waals surface area contributed by atoms with Gasteiger partial charge in [0, 0.05) is 42.0 Å². The Labute approximate surface area is 186 Å². The second-order valence-corrected chi connectivity index (χ2v) is 8.80. The Bertz CT molecular complexity index is 993. The van der Waals surface area contributed by atoms with Crippen LogP contribution >= 0.6 is 27.7 Å². The Morgan fingerprint density at radius 2 is 1.77 bits per heavy atom. The molecule has 0 atom stereocenters. The van der Waals surface area contributed by atoms with E-state index < -0.39 is 0 Å². The number of ether oxygens (including phenoxy) is 1. The zero-order valence-corrected chi connectivity index (χ0v) is 18.6. The fourth-order valence-electron chi connectivity index (χ4n) is 3.26. The van der Waals surface area contributed by atoms with Crippen LogP contribution in [0.25, 0.3) is 11.4 Å². The molecule has 1 fully saturated rings. The van der Waals surface area contributed by atoms with Gasteiger partial charge in [-0.15, -0.1) is 10.2 Å². The lowest BCUT2D eigenvalue weighted by Crippen LogP contribution is -2.38. The number of rotatable bonds is 7. The molecule has 0 unspecified atom stereocenters. The number of hydrogen-bond donors (Lipinski definition) is 0. The Morgan fingerprint density at radius 3 is 2.50 bits per heavy atom. The lowest BCUT2D eigenvalue weighted by atomic mass is 10.2. The van der Waals surface area contributed by atoms with Crippen molar-refractivity contribution in [3.05, 3.63) is 64.1 Å². The largest absolute Gasteiger partial charge is 0.379 e. The molecule has 30 heavy (non-hydrogen) atoms. The Hall–Kier alpha value is -1.81. The van der Waals surface area contributed by atoms with Crippen molar-refractivity contribution >= 4 is 27.7 Å². The van der Waals surface area contributed by atoms with Gasteiger partial charge in [0.2, 0.25) is 0 Å². The van der Waals surface area contributed by atoms with E-state index in [1.807, 2.05) is 10.6 Å². The summed E-state index contributed by atoms with van der Waals surface area (Å²) in [6, 6.07) is 11.3. The summed E-state index contributed by atoms with van der Waals surface area (Å²) in [4.78, 5) is 2.33. The smallest absolute Gasteiger partial charge is 0.191 e. The number of morpholine rings is 1. The minimum atomic E-state index is -0.293. The molecule has 2 heterocycles. The third kappa shape index (κ3) is 5.26. The lowest BCUT2D eigenvalue weighted by molar-refractivity contribution is 0.0361. The van der Waals surface area contributed by atoms with E-state index in [1.165, 1.54) is 30.0 Å². The molecule has 1 aliphatic rings. The monoisotopic (exact) mass is 494 g/mol. The summed E-state index contributed by atoms with van der Waals surface area (Å²) in [7, 11) is 0. The first kappa shape index (κ1) is 21.4. The molecule has 158 valence electrons. The van der Waals surface area contributed by atoms with Gasteiger partial charge in [0.1, 0.15) is 11.6 Å². The second kappa shape index (κ2) is 10.00. The van der Waals surface area contributed by atoms with Gasteiger partial charge in [0.25, 0.3) is 0 Å². The highest BCUT2D eigenvalue weighted by molar-refractivity contribution is 9.10. The van der Waals surface area contributed by atoms with Crippen molar-refractivity contribution in [2.24, 2.45) is 0 Å². The van der Waals surface area contributed by atoms with Crippen LogP contribution in [0.4, 0.5) is 8.78 Å². The number of halogens is 3. The maximum atomic E-state index is 14.2. The van der Waals surface area contributed by atoms with Gasteiger partial charge >= 0.3 is 0 Å². The summed E-state index contributed by atoms with van der Waals surface area (Å²) in [6.07, 6.45) is 0. The molecule has 0 aliphatic carbocycles. The molecule has 2 aromatic carbocycles. The third-order valence-corrected chi connectivity index (χ3v) is 6.44. The van der Waals surface area contributed by atoms with Crippen LogP contribution in [0.5, 0.6) is 0 Å². The van der Waals surface area contributed by atoms with Gasteiger partial charge in [-0.3, -0.25) is 4.90 Å². The SMILES string of the molecule is Fc1ccc(-c2nnc(SCc3ccc(Br)cc3F)n2CCN2CCOCC2)cc1. The fourth-order valence-corrected chi connectivity index (χ4v) is 4.54. The third-order valence-electron chi connectivity index (χ3n) is 4.93. The normalized spacial score (nSPS) is 14.9. The van der Waals surface area contributed by atoms with E-state index in [2.05, 4.69) is 31.0 Å². The summed E-state index contributed by atoms with van der Waals surface area (Å²) < 4.78 is 35.7. The van der Waals surface area contributed by atoms with Crippen LogP contribution in [0.3, 0.4) is 0 Å². The fraction of sp³-hybridized carbons (Fsp3) is 0.333. The van der Waals surface area contributed by atoms with Crippen LogP contribution in [0.1, 0.15) is 5.56 Å². The Balaban J connectivity index is 1.55. The average molecular weight is 495 g/mol. The van der Waals surface area contributed by atoms with E-state index >= 15 is 0 Å². The molecule has 0 saturated carbocycles. The minimum Gasteiger partial charge on any atom is -0.379 e. The molecule has 1 saturated heterocycles. The van der Waals surface area contributed by atoms with Crippen molar-refractivity contribution in [3.63, 3.8) is 0 Å². The summed E-state index contributed by atoms with van der Waals surface area (Å²) in [5, 5.41) is 9.41. The lowest BCUT2D eigenvalue weighted by Gasteiger charge is -2.27. The van der Waals surface area contributed by atoms with Crippen molar-refractivity contribution in [1.82, 2.24) is 19.7 Å².